The van der Waals surface area contributed by atoms with Crippen LogP contribution in [-0.2, 0) is 6.54 Å². The standard InChI is InChI=1S/C11H13NO2/c13-11(14)6-8-12-7-5-9-3-1-2-4-10(9)12/h1-5,7,11,13-14H,6,8H2. The van der Waals surface area contributed by atoms with Gasteiger partial charge in [-0.1, -0.05) is 18.2 Å². The second-order valence-electron chi connectivity index (χ2n) is 3.34. The molecule has 2 aromatic rings. The molecule has 1 heterocycles. The highest BCUT2D eigenvalue weighted by atomic mass is 16.5. The topological polar surface area (TPSA) is 45.4 Å². The van der Waals surface area contributed by atoms with Gasteiger partial charge in [-0.15, -0.1) is 0 Å². The van der Waals surface area contributed by atoms with Crippen LogP contribution < -0.4 is 0 Å². The third-order valence-electron chi connectivity index (χ3n) is 2.31. The molecule has 2 rings (SSSR count). The maximum Gasteiger partial charge on any atom is 0.153 e. The molecule has 0 aliphatic carbocycles. The summed E-state index contributed by atoms with van der Waals surface area (Å²) in [5.74, 6) is 0. The lowest BCUT2D eigenvalue weighted by atomic mass is 10.2. The molecule has 2 N–H and O–H groups in total. The molecule has 0 saturated carbocycles. The summed E-state index contributed by atoms with van der Waals surface area (Å²) < 4.78 is 2.02. The van der Waals surface area contributed by atoms with Crippen molar-refractivity contribution in [2.24, 2.45) is 0 Å². The summed E-state index contributed by atoms with van der Waals surface area (Å²) in [7, 11) is 0. The summed E-state index contributed by atoms with van der Waals surface area (Å²) in [6.45, 7) is 0.630. The van der Waals surface area contributed by atoms with Gasteiger partial charge in [-0.3, -0.25) is 0 Å². The Morgan fingerprint density at radius 2 is 1.93 bits per heavy atom. The average Bonchev–Trinajstić information content (AvgIpc) is 2.58. The number of aromatic nitrogens is 1. The van der Waals surface area contributed by atoms with E-state index < -0.39 is 6.29 Å². The zero-order valence-corrected chi connectivity index (χ0v) is 7.80. The number of rotatable bonds is 3. The van der Waals surface area contributed by atoms with Crippen molar-refractivity contribution in [3.8, 4) is 0 Å². The second kappa shape index (κ2) is 3.82. The summed E-state index contributed by atoms with van der Waals surface area (Å²) in [5, 5.41) is 18.7. The van der Waals surface area contributed by atoms with Crippen LogP contribution in [0.3, 0.4) is 0 Å². The van der Waals surface area contributed by atoms with Crippen LogP contribution in [0, 0.1) is 0 Å². The van der Waals surface area contributed by atoms with E-state index in [9.17, 15) is 0 Å². The summed E-state index contributed by atoms with van der Waals surface area (Å²) in [6, 6.07) is 10.1. The predicted octanol–water partition coefficient (Wildman–Crippen LogP) is 1.34. The highest BCUT2D eigenvalue weighted by Gasteiger charge is 2.01. The molecule has 0 amide bonds. The Kier molecular flexibility index (Phi) is 2.52. The molecule has 1 aromatic carbocycles. The lowest BCUT2D eigenvalue weighted by molar-refractivity contribution is -0.0475. The molecule has 1 aromatic heterocycles. The van der Waals surface area contributed by atoms with E-state index in [-0.39, 0.29) is 0 Å². The van der Waals surface area contributed by atoms with Crippen molar-refractivity contribution in [2.75, 3.05) is 0 Å². The number of para-hydroxylation sites is 1. The Morgan fingerprint density at radius 1 is 1.14 bits per heavy atom. The van der Waals surface area contributed by atoms with Crippen LogP contribution in [0.5, 0.6) is 0 Å². The molecule has 0 radical (unpaired) electrons. The van der Waals surface area contributed by atoms with Crippen LogP contribution in [0.1, 0.15) is 6.42 Å². The molecule has 3 nitrogen and oxygen atoms in total. The second-order valence-corrected chi connectivity index (χ2v) is 3.34. The molecular weight excluding hydrogens is 178 g/mol. The van der Waals surface area contributed by atoms with E-state index >= 15 is 0 Å². The molecule has 0 fully saturated rings. The van der Waals surface area contributed by atoms with Gasteiger partial charge in [0.05, 0.1) is 0 Å². The van der Waals surface area contributed by atoms with Gasteiger partial charge in [-0.25, -0.2) is 0 Å². The number of benzene rings is 1. The minimum absolute atomic E-state index is 0.360. The van der Waals surface area contributed by atoms with E-state index in [4.69, 9.17) is 10.2 Å². The van der Waals surface area contributed by atoms with Crippen LogP contribution in [0.4, 0.5) is 0 Å². The Balaban J connectivity index is 2.25. The summed E-state index contributed by atoms with van der Waals surface area (Å²) in [4.78, 5) is 0. The molecule has 0 aliphatic heterocycles. The number of hydrogen-bond acceptors (Lipinski definition) is 2. The fourth-order valence-corrected chi connectivity index (χ4v) is 1.59. The Labute approximate surface area is 82.2 Å². The van der Waals surface area contributed by atoms with E-state index in [0.29, 0.717) is 13.0 Å². The number of aryl methyl sites for hydroxylation is 1. The number of fused-ring (bicyclic) bond motifs is 1. The Morgan fingerprint density at radius 3 is 2.71 bits per heavy atom. The van der Waals surface area contributed by atoms with E-state index in [1.165, 1.54) is 5.39 Å². The highest BCUT2D eigenvalue weighted by molar-refractivity contribution is 5.79. The van der Waals surface area contributed by atoms with Gasteiger partial charge in [-0.05, 0) is 17.5 Å². The van der Waals surface area contributed by atoms with Crippen molar-refractivity contribution in [1.29, 1.82) is 0 Å². The molecule has 74 valence electrons. The fraction of sp³-hybridized carbons (Fsp3) is 0.273. The van der Waals surface area contributed by atoms with Crippen molar-refractivity contribution in [3.05, 3.63) is 36.5 Å². The van der Waals surface area contributed by atoms with Gasteiger partial charge >= 0.3 is 0 Å². The zero-order chi connectivity index (χ0) is 9.97. The van der Waals surface area contributed by atoms with E-state index in [2.05, 4.69) is 0 Å². The van der Waals surface area contributed by atoms with Gasteiger partial charge in [0.15, 0.2) is 6.29 Å². The first-order chi connectivity index (χ1) is 6.77. The molecule has 0 unspecified atom stereocenters. The van der Waals surface area contributed by atoms with Crippen molar-refractivity contribution >= 4 is 10.9 Å². The molecule has 14 heavy (non-hydrogen) atoms. The van der Waals surface area contributed by atoms with Crippen molar-refractivity contribution < 1.29 is 10.2 Å². The Hall–Kier alpha value is -1.32. The summed E-state index contributed by atoms with van der Waals surface area (Å²) in [5.41, 5.74) is 1.13. The molecule has 0 bridgehead atoms. The first-order valence-electron chi connectivity index (χ1n) is 4.67. The lowest BCUT2D eigenvalue weighted by Crippen LogP contribution is -2.08. The van der Waals surface area contributed by atoms with Crippen LogP contribution in [0.15, 0.2) is 36.5 Å². The van der Waals surface area contributed by atoms with Crippen LogP contribution in [0.25, 0.3) is 10.9 Å². The molecule has 0 spiro atoms. The number of aliphatic hydroxyl groups is 2. The smallest absolute Gasteiger partial charge is 0.153 e. The van der Waals surface area contributed by atoms with E-state index in [0.717, 1.165) is 5.52 Å². The molecule has 0 saturated heterocycles. The van der Waals surface area contributed by atoms with E-state index in [1.807, 2.05) is 41.1 Å². The Bertz CT molecular complexity index is 420. The summed E-state index contributed by atoms with van der Waals surface area (Å²) >= 11 is 0. The van der Waals surface area contributed by atoms with Gasteiger partial charge in [0.2, 0.25) is 0 Å². The highest BCUT2D eigenvalue weighted by Crippen LogP contribution is 2.15. The maximum atomic E-state index is 8.77. The largest absolute Gasteiger partial charge is 0.368 e. The third kappa shape index (κ3) is 1.78. The van der Waals surface area contributed by atoms with E-state index in [1.54, 1.807) is 0 Å². The molecule has 0 atom stereocenters. The van der Waals surface area contributed by atoms with Crippen molar-refractivity contribution in [3.63, 3.8) is 0 Å². The monoisotopic (exact) mass is 191 g/mol. The van der Waals surface area contributed by atoms with Gasteiger partial charge < -0.3 is 14.8 Å². The average molecular weight is 191 g/mol. The molecular formula is C11H13NO2. The zero-order valence-electron chi connectivity index (χ0n) is 7.80. The fourth-order valence-electron chi connectivity index (χ4n) is 1.59. The first-order valence-corrected chi connectivity index (χ1v) is 4.67. The van der Waals surface area contributed by atoms with Gasteiger partial charge in [0.25, 0.3) is 0 Å². The van der Waals surface area contributed by atoms with Crippen molar-refractivity contribution in [1.82, 2.24) is 4.57 Å². The normalized spacial score (nSPS) is 11.4. The van der Waals surface area contributed by atoms with Crippen LogP contribution in [-0.4, -0.2) is 21.1 Å². The quantitative estimate of drug-likeness (QED) is 0.719. The molecule has 0 aliphatic rings. The SMILES string of the molecule is OC(O)CCn1ccc2ccccc21. The minimum Gasteiger partial charge on any atom is -0.368 e. The first kappa shape index (κ1) is 9.24. The number of nitrogens with zero attached hydrogens (tertiary/aromatic N) is 1. The van der Waals surface area contributed by atoms with Gasteiger partial charge in [-0.2, -0.15) is 0 Å². The van der Waals surface area contributed by atoms with Crippen molar-refractivity contribution in [2.45, 2.75) is 19.3 Å². The summed E-state index contributed by atoms with van der Waals surface area (Å²) in [6.07, 6.45) is 1.10. The molecule has 3 heteroatoms. The van der Waals surface area contributed by atoms with Gasteiger partial charge in [0, 0.05) is 24.7 Å². The van der Waals surface area contributed by atoms with Crippen LogP contribution >= 0.6 is 0 Å². The minimum atomic E-state index is -1.23. The maximum absolute atomic E-state index is 8.77. The predicted molar refractivity (Wildman–Crippen MR) is 54.8 cm³/mol. The van der Waals surface area contributed by atoms with Crippen LogP contribution in [0.2, 0.25) is 0 Å². The third-order valence-corrected chi connectivity index (χ3v) is 2.31. The number of hydrogen-bond donors (Lipinski definition) is 2. The number of aliphatic hydroxyl groups excluding tert-OH is 1. The lowest BCUT2D eigenvalue weighted by Gasteiger charge is -2.06. The van der Waals surface area contributed by atoms with Gasteiger partial charge in [0.1, 0.15) is 0 Å².